The van der Waals surface area contributed by atoms with Gasteiger partial charge in [-0.2, -0.15) is 0 Å². The molecule has 0 spiro atoms. The van der Waals surface area contributed by atoms with E-state index in [4.69, 9.17) is 17.3 Å². The largest absolute Gasteiger partial charge is 0.327 e. The fourth-order valence-corrected chi connectivity index (χ4v) is 2.63. The third-order valence-corrected chi connectivity index (χ3v) is 3.85. The van der Waals surface area contributed by atoms with Crippen LogP contribution >= 0.6 is 39.9 Å². The summed E-state index contributed by atoms with van der Waals surface area (Å²) >= 11 is 9.36. The molecule has 2 nitrogen and oxygen atoms in total. The van der Waals surface area contributed by atoms with Gasteiger partial charge < -0.3 is 5.73 Å². The molecular formula is C15H17BrCl2N2. The van der Waals surface area contributed by atoms with Crippen LogP contribution in [0.2, 0.25) is 5.02 Å². The van der Waals surface area contributed by atoms with Gasteiger partial charge in [-0.15, -0.1) is 12.4 Å². The van der Waals surface area contributed by atoms with Crippen LogP contribution in [0.25, 0.3) is 0 Å². The van der Waals surface area contributed by atoms with Gasteiger partial charge in [-0.25, -0.2) is 0 Å². The lowest BCUT2D eigenvalue weighted by Gasteiger charge is -2.21. The third kappa shape index (κ3) is 4.74. The number of benzene rings is 1. The number of hydrogen-bond acceptors (Lipinski definition) is 2. The Balaban J connectivity index is 0.00000200. The highest BCUT2D eigenvalue weighted by molar-refractivity contribution is 9.10. The van der Waals surface area contributed by atoms with Gasteiger partial charge in [0, 0.05) is 28.3 Å². The lowest BCUT2D eigenvalue weighted by molar-refractivity contribution is 0.559. The Bertz CT molecular complexity index is 544. The molecule has 0 saturated heterocycles. The summed E-state index contributed by atoms with van der Waals surface area (Å²) in [6.45, 7) is 2.03. The summed E-state index contributed by atoms with van der Waals surface area (Å²) in [5.74, 6) is 0.242. The van der Waals surface area contributed by atoms with Crippen LogP contribution in [-0.4, -0.2) is 11.0 Å². The lowest BCUT2D eigenvalue weighted by atomic mass is 9.88. The molecule has 0 amide bonds. The van der Waals surface area contributed by atoms with Crippen molar-refractivity contribution in [3.05, 3.63) is 63.3 Å². The molecule has 0 aliphatic carbocycles. The number of nitrogens with zero attached hydrogens (tertiary/aromatic N) is 1. The first kappa shape index (κ1) is 17.4. The summed E-state index contributed by atoms with van der Waals surface area (Å²) in [4.78, 5) is 4.35. The van der Waals surface area contributed by atoms with Gasteiger partial charge in [0.1, 0.15) is 0 Å². The number of rotatable bonds is 4. The highest BCUT2D eigenvalue weighted by Crippen LogP contribution is 2.25. The highest BCUT2D eigenvalue weighted by Gasteiger charge is 2.17. The summed E-state index contributed by atoms with van der Waals surface area (Å²) in [5, 5.41) is 0.656. The number of halogens is 3. The third-order valence-electron chi connectivity index (χ3n) is 3.13. The van der Waals surface area contributed by atoms with E-state index in [1.165, 1.54) is 5.56 Å². The molecule has 5 heteroatoms. The monoisotopic (exact) mass is 374 g/mol. The van der Waals surface area contributed by atoms with Crippen molar-refractivity contribution in [1.29, 1.82) is 0 Å². The Hall–Kier alpha value is -0.610. The summed E-state index contributed by atoms with van der Waals surface area (Å²) < 4.78 is 1.07. The van der Waals surface area contributed by atoms with E-state index in [0.717, 1.165) is 16.6 Å². The molecule has 2 N–H and O–H groups in total. The van der Waals surface area contributed by atoms with Crippen LogP contribution < -0.4 is 5.73 Å². The van der Waals surface area contributed by atoms with Crippen molar-refractivity contribution in [2.24, 2.45) is 5.73 Å². The van der Waals surface area contributed by atoms with Crippen molar-refractivity contribution in [2.75, 3.05) is 0 Å². The van der Waals surface area contributed by atoms with Crippen molar-refractivity contribution in [3.8, 4) is 0 Å². The van der Waals surface area contributed by atoms with Crippen LogP contribution in [0.4, 0.5) is 0 Å². The maximum Gasteiger partial charge on any atom is 0.0589 e. The number of pyridine rings is 1. The first-order chi connectivity index (χ1) is 9.06. The molecule has 1 heterocycles. The van der Waals surface area contributed by atoms with Crippen LogP contribution in [0.1, 0.15) is 24.1 Å². The average molecular weight is 376 g/mol. The first-order valence-electron chi connectivity index (χ1n) is 6.17. The second kappa shape index (κ2) is 7.99. The summed E-state index contributed by atoms with van der Waals surface area (Å²) in [7, 11) is 0. The molecule has 20 heavy (non-hydrogen) atoms. The smallest absolute Gasteiger partial charge is 0.0589 e. The van der Waals surface area contributed by atoms with Crippen LogP contribution in [-0.2, 0) is 6.42 Å². The molecule has 2 atom stereocenters. The van der Waals surface area contributed by atoms with Gasteiger partial charge in [0.2, 0.25) is 0 Å². The summed E-state index contributed by atoms with van der Waals surface area (Å²) in [6, 6.07) is 12.1. The van der Waals surface area contributed by atoms with Gasteiger partial charge in [0.05, 0.1) is 5.02 Å². The normalized spacial score (nSPS) is 13.4. The molecule has 1 aromatic carbocycles. The predicted molar refractivity (Wildman–Crippen MR) is 90.7 cm³/mol. The van der Waals surface area contributed by atoms with Gasteiger partial charge in [0.25, 0.3) is 0 Å². The summed E-state index contributed by atoms with van der Waals surface area (Å²) in [5.41, 5.74) is 8.36. The predicted octanol–water partition coefficient (Wildman–Crippen LogP) is 4.59. The molecule has 0 bridgehead atoms. The number of aromatic nitrogens is 1. The van der Waals surface area contributed by atoms with Crippen molar-refractivity contribution in [1.82, 2.24) is 4.98 Å². The van der Waals surface area contributed by atoms with Crippen molar-refractivity contribution in [2.45, 2.75) is 25.3 Å². The van der Waals surface area contributed by atoms with E-state index in [1.807, 2.05) is 31.2 Å². The molecule has 0 aliphatic heterocycles. The topological polar surface area (TPSA) is 38.9 Å². The summed E-state index contributed by atoms with van der Waals surface area (Å²) in [6.07, 6.45) is 2.49. The maximum absolute atomic E-state index is 6.13. The lowest BCUT2D eigenvalue weighted by Crippen LogP contribution is -2.26. The number of nitrogens with two attached hydrogens (primary N) is 1. The Morgan fingerprint density at radius 2 is 2.05 bits per heavy atom. The standard InChI is InChI=1S/C15H16BrClN2.ClH/c1-10(18)15(11-3-2-4-12(16)7-11)8-14-6-5-13(17)9-19-14;/h2-7,9-10,15H,8,18H2,1H3;1H. The first-order valence-corrected chi connectivity index (χ1v) is 7.35. The Morgan fingerprint density at radius 3 is 2.60 bits per heavy atom. The van der Waals surface area contributed by atoms with E-state index >= 15 is 0 Å². The van der Waals surface area contributed by atoms with Crippen LogP contribution in [0.3, 0.4) is 0 Å². The Kier molecular flexibility index (Phi) is 6.96. The minimum Gasteiger partial charge on any atom is -0.327 e. The van der Waals surface area contributed by atoms with Crippen molar-refractivity contribution >= 4 is 39.9 Å². The molecular weight excluding hydrogens is 359 g/mol. The molecule has 1 aromatic heterocycles. The molecule has 0 saturated carbocycles. The SMILES string of the molecule is CC(N)C(Cc1ccc(Cl)cn1)c1cccc(Br)c1.Cl. The molecule has 2 rings (SSSR count). The van der Waals surface area contributed by atoms with E-state index < -0.39 is 0 Å². The van der Waals surface area contributed by atoms with E-state index in [2.05, 4.69) is 33.0 Å². The number of hydrogen-bond donors (Lipinski definition) is 1. The Morgan fingerprint density at radius 1 is 1.30 bits per heavy atom. The molecule has 0 fully saturated rings. The molecule has 0 radical (unpaired) electrons. The van der Waals surface area contributed by atoms with Gasteiger partial charge >= 0.3 is 0 Å². The molecule has 2 aromatic rings. The van der Waals surface area contributed by atoms with Crippen LogP contribution in [0.15, 0.2) is 47.1 Å². The van der Waals surface area contributed by atoms with Crippen molar-refractivity contribution in [3.63, 3.8) is 0 Å². The maximum atomic E-state index is 6.13. The van der Waals surface area contributed by atoms with Gasteiger partial charge in [-0.05, 0) is 43.2 Å². The van der Waals surface area contributed by atoms with E-state index in [0.29, 0.717) is 5.02 Å². The minimum absolute atomic E-state index is 0. The van der Waals surface area contributed by atoms with Gasteiger partial charge in [-0.1, -0.05) is 39.7 Å². The Labute approximate surface area is 139 Å². The van der Waals surface area contributed by atoms with Crippen LogP contribution in [0.5, 0.6) is 0 Å². The van der Waals surface area contributed by atoms with Crippen LogP contribution in [0, 0.1) is 0 Å². The quantitative estimate of drug-likeness (QED) is 0.848. The highest BCUT2D eigenvalue weighted by atomic mass is 79.9. The molecule has 108 valence electrons. The fourth-order valence-electron chi connectivity index (χ4n) is 2.10. The van der Waals surface area contributed by atoms with Gasteiger partial charge in [-0.3, -0.25) is 4.98 Å². The van der Waals surface area contributed by atoms with E-state index in [1.54, 1.807) is 6.20 Å². The fraction of sp³-hybridized carbons (Fsp3) is 0.267. The van der Waals surface area contributed by atoms with E-state index in [-0.39, 0.29) is 24.4 Å². The van der Waals surface area contributed by atoms with Crippen molar-refractivity contribution < 1.29 is 0 Å². The minimum atomic E-state index is 0. The van der Waals surface area contributed by atoms with Gasteiger partial charge in [0.15, 0.2) is 0 Å². The second-order valence-electron chi connectivity index (χ2n) is 4.69. The second-order valence-corrected chi connectivity index (χ2v) is 6.04. The molecule has 2 unspecified atom stereocenters. The van der Waals surface area contributed by atoms with E-state index in [9.17, 15) is 0 Å². The zero-order valence-electron chi connectivity index (χ0n) is 11.1. The average Bonchev–Trinajstić information content (AvgIpc) is 2.37. The zero-order valence-corrected chi connectivity index (χ0v) is 14.3. The zero-order chi connectivity index (χ0) is 13.8. The molecule has 0 aliphatic rings.